The topological polar surface area (TPSA) is 38.5 Å². The van der Waals surface area contributed by atoms with Crippen molar-refractivity contribution >= 4 is 0 Å². The van der Waals surface area contributed by atoms with Gasteiger partial charge in [-0.1, -0.05) is 0 Å². The van der Waals surface area contributed by atoms with Gasteiger partial charge in [-0.25, -0.2) is 0 Å². The van der Waals surface area contributed by atoms with Crippen molar-refractivity contribution in [1.82, 2.24) is 4.90 Å². The quantitative estimate of drug-likeness (QED) is 0.705. The highest BCUT2D eigenvalue weighted by atomic mass is 16.5. The van der Waals surface area contributed by atoms with Crippen LogP contribution in [-0.4, -0.2) is 42.8 Å². The highest BCUT2D eigenvalue weighted by Gasteiger charge is 2.38. The molecule has 2 aliphatic carbocycles. The molecule has 2 fully saturated rings. The largest absolute Gasteiger partial charge is 0.379 e. The number of hydrogen-bond donors (Lipinski definition) is 1. The molecule has 0 bridgehead atoms. The summed E-state index contributed by atoms with van der Waals surface area (Å²) in [4.78, 5) is 2.68. The summed E-state index contributed by atoms with van der Waals surface area (Å²) in [6.45, 7) is 6.36. The molecule has 0 amide bonds. The molecule has 0 radical (unpaired) electrons. The van der Waals surface area contributed by atoms with Crippen molar-refractivity contribution < 1.29 is 4.74 Å². The number of nitrogens with two attached hydrogens (primary N) is 1. The van der Waals surface area contributed by atoms with Gasteiger partial charge in [-0.05, 0) is 51.9 Å². The minimum absolute atomic E-state index is 0.0548. The summed E-state index contributed by atoms with van der Waals surface area (Å²) in [6.07, 6.45) is 6.64. The maximum Gasteiger partial charge on any atom is 0.0638 e. The van der Waals surface area contributed by atoms with Crippen LogP contribution in [0.3, 0.4) is 0 Å². The fourth-order valence-corrected chi connectivity index (χ4v) is 2.59. The maximum atomic E-state index is 6.00. The number of rotatable bonds is 8. The molecule has 1 unspecified atom stereocenters. The summed E-state index contributed by atoms with van der Waals surface area (Å²) in [5.41, 5.74) is 5.95. The van der Waals surface area contributed by atoms with Crippen LogP contribution in [0.1, 0.15) is 46.0 Å². The lowest BCUT2D eigenvalue weighted by Gasteiger charge is -2.36. The summed E-state index contributed by atoms with van der Waals surface area (Å²) in [5, 5.41) is 0. The van der Waals surface area contributed by atoms with Crippen LogP contribution in [0.15, 0.2) is 0 Å². The van der Waals surface area contributed by atoms with E-state index in [0.29, 0.717) is 6.04 Å². The normalized spacial score (nSPS) is 23.1. The van der Waals surface area contributed by atoms with E-state index in [9.17, 15) is 0 Å². The van der Waals surface area contributed by atoms with Crippen LogP contribution in [0.4, 0.5) is 0 Å². The second-order valence-corrected chi connectivity index (χ2v) is 6.43. The minimum Gasteiger partial charge on any atom is -0.379 e. The Morgan fingerprint density at radius 2 is 1.94 bits per heavy atom. The summed E-state index contributed by atoms with van der Waals surface area (Å²) in [7, 11) is 1.80. The van der Waals surface area contributed by atoms with E-state index >= 15 is 0 Å². The minimum atomic E-state index is -0.0548. The van der Waals surface area contributed by atoms with Crippen LogP contribution in [0.2, 0.25) is 0 Å². The van der Waals surface area contributed by atoms with E-state index in [0.717, 1.165) is 24.9 Å². The van der Waals surface area contributed by atoms with Gasteiger partial charge < -0.3 is 10.5 Å². The first-order valence-corrected chi connectivity index (χ1v) is 7.06. The molecule has 0 aromatic carbocycles. The molecule has 0 aliphatic heterocycles. The third kappa shape index (κ3) is 3.94. The molecule has 2 N–H and O–H groups in total. The molecule has 3 heteroatoms. The monoisotopic (exact) mass is 240 g/mol. The van der Waals surface area contributed by atoms with Crippen LogP contribution >= 0.6 is 0 Å². The summed E-state index contributed by atoms with van der Waals surface area (Å²) in [6, 6.07) is 1.31. The molecule has 1 atom stereocenters. The Balaban J connectivity index is 1.92. The van der Waals surface area contributed by atoms with E-state index in [1.54, 1.807) is 7.11 Å². The molecular weight excluding hydrogens is 212 g/mol. The van der Waals surface area contributed by atoms with Gasteiger partial charge in [0.25, 0.3) is 0 Å². The lowest BCUT2D eigenvalue weighted by Crippen LogP contribution is -2.47. The van der Waals surface area contributed by atoms with Gasteiger partial charge in [0.15, 0.2) is 0 Å². The average Bonchev–Trinajstić information content (AvgIpc) is 3.15. The molecule has 3 nitrogen and oxygen atoms in total. The van der Waals surface area contributed by atoms with Crippen molar-refractivity contribution in [3.63, 3.8) is 0 Å². The maximum absolute atomic E-state index is 6.00. The SMILES string of the molecule is COC(C)(C)CC(CN)N(CC1CC1)C1CC1. The molecule has 0 spiro atoms. The summed E-state index contributed by atoms with van der Waals surface area (Å²) < 4.78 is 5.56. The number of nitrogens with zero attached hydrogens (tertiary/aromatic N) is 1. The van der Waals surface area contributed by atoms with E-state index in [-0.39, 0.29) is 5.60 Å². The number of ether oxygens (including phenoxy) is 1. The Morgan fingerprint density at radius 3 is 2.35 bits per heavy atom. The third-order valence-corrected chi connectivity index (χ3v) is 4.20. The van der Waals surface area contributed by atoms with Crippen molar-refractivity contribution in [2.45, 2.75) is 63.6 Å². The molecule has 2 saturated carbocycles. The van der Waals surface area contributed by atoms with Gasteiger partial charge in [-0.2, -0.15) is 0 Å². The summed E-state index contributed by atoms with van der Waals surface area (Å²) in [5.74, 6) is 0.954. The fourth-order valence-electron chi connectivity index (χ4n) is 2.59. The van der Waals surface area contributed by atoms with Crippen molar-refractivity contribution in [1.29, 1.82) is 0 Å². The van der Waals surface area contributed by atoms with Gasteiger partial charge in [0.1, 0.15) is 0 Å². The van der Waals surface area contributed by atoms with E-state index in [1.165, 1.54) is 32.2 Å². The van der Waals surface area contributed by atoms with E-state index in [4.69, 9.17) is 10.5 Å². The van der Waals surface area contributed by atoms with Crippen LogP contribution < -0.4 is 5.73 Å². The highest BCUT2D eigenvalue weighted by Crippen LogP contribution is 2.37. The van der Waals surface area contributed by atoms with Crippen LogP contribution in [0, 0.1) is 5.92 Å². The Bertz CT molecular complexity index is 247. The van der Waals surface area contributed by atoms with Gasteiger partial charge >= 0.3 is 0 Å². The Labute approximate surface area is 106 Å². The third-order valence-electron chi connectivity index (χ3n) is 4.20. The van der Waals surface area contributed by atoms with E-state index in [1.807, 2.05) is 0 Å². The van der Waals surface area contributed by atoms with Gasteiger partial charge in [0.05, 0.1) is 5.60 Å². The molecule has 0 heterocycles. The second-order valence-electron chi connectivity index (χ2n) is 6.43. The standard InChI is InChI=1S/C14H28N2O/c1-14(2,17-3)8-13(9-15)16(12-6-7-12)10-11-4-5-11/h11-13H,4-10,15H2,1-3H3. The molecule has 100 valence electrons. The molecule has 2 aliphatic rings. The Kier molecular flexibility index (Phi) is 4.11. The van der Waals surface area contributed by atoms with Crippen LogP contribution in [-0.2, 0) is 4.74 Å². The Hall–Kier alpha value is -0.120. The molecular formula is C14H28N2O. The first kappa shape index (κ1) is 13.3. The lowest BCUT2D eigenvalue weighted by molar-refractivity contribution is -0.00955. The lowest BCUT2D eigenvalue weighted by atomic mass is 9.97. The van der Waals surface area contributed by atoms with Crippen molar-refractivity contribution in [2.24, 2.45) is 11.7 Å². The first-order valence-electron chi connectivity index (χ1n) is 7.06. The van der Waals surface area contributed by atoms with Gasteiger partial charge in [0.2, 0.25) is 0 Å². The van der Waals surface area contributed by atoms with E-state index in [2.05, 4.69) is 18.7 Å². The molecule has 0 aromatic rings. The fraction of sp³-hybridized carbons (Fsp3) is 1.00. The predicted molar refractivity (Wildman–Crippen MR) is 71.0 cm³/mol. The van der Waals surface area contributed by atoms with Crippen molar-refractivity contribution in [3.05, 3.63) is 0 Å². The second kappa shape index (κ2) is 5.25. The zero-order valence-electron chi connectivity index (χ0n) is 11.6. The molecule has 0 saturated heterocycles. The van der Waals surface area contributed by atoms with Gasteiger partial charge in [-0.3, -0.25) is 4.90 Å². The molecule has 17 heavy (non-hydrogen) atoms. The zero-order chi connectivity index (χ0) is 12.5. The van der Waals surface area contributed by atoms with Gasteiger partial charge in [0, 0.05) is 32.3 Å². The van der Waals surface area contributed by atoms with Crippen molar-refractivity contribution in [3.8, 4) is 0 Å². The molecule has 2 rings (SSSR count). The van der Waals surface area contributed by atoms with Crippen molar-refractivity contribution in [2.75, 3.05) is 20.2 Å². The van der Waals surface area contributed by atoms with Crippen LogP contribution in [0.5, 0.6) is 0 Å². The molecule has 0 aromatic heterocycles. The van der Waals surface area contributed by atoms with Crippen LogP contribution in [0.25, 0.3) is 0 Å². The first-order chi connectivity index (χ1) is 8.05. The smallest absolute Gasteiger partial charge is 0.0638 e. The zero-order valence-corrected chi connectivity index (χ0v) is 11.6. The summed E-state index contributed by atoms with van der Waals surface area (Å²) >= 11 is 0. The Morgan fingerprint density at radius 1 is 1.29 bits per heavy atom. The predicted octanol–water partition coefficient (Wildman–Crippen LogP) is 2.00. The number of hydrogen-bond acceptors (Lipinski definition) is 3. The van der Waals surface area contributed by atoms with Gasteiger partial charge in [-0.15, -0.1) is 0 Å². The van der Waals surface area contributed by atoms with E-state index < -0.39 is 0 Å². The number of methoxy groups -OCH3 is 1. The average molecular weight is 240 g/mol. The highest BCUT2D eigenvalue weighted by molar-refractivity contribution is 4.94.